The fraction of sp³-hybridized carbons (Fsp3) is 0. The van der Waals surface area contributed by atoms with Crippen LogP contribution in [0.1, 0.15) is 5.56 Å². The minimum absolute atomic E-state index is 0.155. The van der Waals surface area contributed by atoms with Gasteiger partial charge in [0.2, 0.25) is 0 Å². The molecule has 0 radical (unpaired) electrons. The normalized spacial score (nSPS) is 12.6. The van der Waals surface area contributed by atoms with Crippen molar-refractivity contribution in [3.05, 3.63) is 85.5 Å². The molecule has 0 saturated heterocycles. The van der Waals surface area contributed by atoms with E-state index in [-0.39, 0.29) is 11.0 Å². The first kappa shape index (κ1) is 14.1. The van der Waals surface area contributed by atoms with Crippen molar-refractivity contribution >= 4 is 44.4 Å². The molecule has 0 aliphatic heterocycles. The Bertz CT molecular complexity index is 1440. The lowest BCUT2D eigenvalue weighted by Gasteiger charge is -1.96. The molecule has 0 fully saturated rings. The van der Waals surface area contributed by atoms with Crippen LogP contribution in [0.4, 0.5) is 0 Å². The number of fused-ring (bicyclic) bond motifs is 4. The van der Waals surface area contributed by atoms with E-state index < -0.39 is 0 Å². The predicted molar refractivity (Wildman–Crippen MR) is 98.1 cm³/mol. The summed E-state index contributed by atoms with van der Waals surface area (Å²) in [6.07, 6.45) is 2.97. The van der Waals surface area contributed by atoms with Crippen LogP contribution in [0, 0.1) is 0 Å². The van der Waals surface area contributed by atoms with Gasteiger partial charge in [0, 0.05) is 0 Å². The van der Waals surface area contributed by atoms with E-state index in [1.807, 2.05) is 30.3 Å². The highest BCUT2D eigenvalue weighted by atomic mass is 32.1. The summed E-state index contributed by atoms with van der Waals surface area (Å²) in [5, 5.41) is 0.496. The van der Waals surface area contributed by atoms with E-state index in [4.69, 9.17) is 4.42 Å². The van der Waals surface area contributed by atoms with Gasteiger partial charge in [-0.15, -0.1) is 0 Å². The number of hydrogen-bond acceptors (Lipinski definition) is 5. The standard InChI is InChI=1S/C19H10N2O3S/c22-17-11(10-24-15-8-4-1-5-12(15)17)9-16-18(23)21-14-7-3-2-6-13(14)20-19(21)25-16/h1-10H. The summed E-state index contributed by atoms with van der Waals surface area (Å²) in [7, 11) is 0. The van der Waals surface area contributed by atoms with Gasteiger partial charge in [0.05, 0.1) is 26.5 Å². The Kier molecular flexibility index (Phi) is 2.89. The van der Waals surface area contributed by atoms with Gasteiger partial charge in [-0.25, -0.2) is 9.38 Å². The second-order valence-corrected chi connectivity index (χ2v) is 6.66. The Morgan fingerprint density at radius 3 is 2.76 bits per heavy atom. The van der Waals surface area contributed by atoms with Crippen molar-refractivity contribution in [3.63, 3.8) is 0 Å². The van der Waals surface area contributed by atoms with Crippen molar-refractivity contribution in [2.75, 3.05) is 0 Å². The third-order valence-electron chi connectivity index (χ3n) is 4.14. The number of para-hydroxylation sites is 3. The first-order chi connectivity index (χ1) is 12.2. The van der Waals surface area contributed by atoms with Crippen molar-refractivity contribution in [2.24, 2.45) is 0 Å². The average Bonchev–Trinajstić information content (AvgIpc) is 3.14. The number of aromatic nitrogens is 2. The third-order valence-corrected chi connectivity index (χ3v) is 5.11. The van der Waals surface area contributed by atoms with E-state index >= 15 is 0 Å². The molecule has 0 atom stereocenters. The van der Waals surface area contributed by atoms with Crippen LogP contribution in [0.25, 0.3) is 33.0 Å². The molecule has 0 unspecified atom stereocenters. The molecule has 0 N–H and O–H groups in total. The zero-order chi connectivity index (χ0) is 17.0. The maximum Gasteiger partial charge on any atom is 0.274 e. The van der Waals surface area contributed by atoms with Crippen LogP contribution in [0.3, 0.4) is 0 Å². The van der Waals surface area contributed by atoms with Crippen molar-refractivity contribution in [1.29, 1.82) is 0 Å². The van der Waals surface area contributed by atoms with Gasteiger partial charge in [-0.1, -0.05) is 35.6 Å². The number of benzene rings is 2. The van der Waals surface area contributed by atoms with Gasteiger partial charge in [0.25, 0.3) is 5.56 Å². The number of nitrogens with zero attached hydrogens (tertiary/aromatic N) is 2. The van der Waals surface area contributed by atoms with Crippen LogP contribution in [0.2, 0.25) is 0 Å². The van der Waals surface area contributed by atoms with E-state index in [1.165, 1.54) is 17.6 Å². The van der Waals surface area contributed by atoms with E-state index in [2.05, 4.69) is 4.98 Å². The Morgan fingerprint density at radius 2 is 1.84 bits per heavy atom. The molecule has 3 aromatic heterocycles. The van der Waals surface area contributed by atoms with Gasteiger partial charge >= 0.3 is 0 Å². The number of imidazole rings is 1. The van der Waals surface area contributed by atoms with E-state index in [0.29, 0.717) is 26.0 Å². The van der Waals surface area contributed by atoms with Gasteiger partial charge in [-0.2, -0.15) is 0 Å². The van der Waals surface area contributed by atoms with Crippen LogP contribution in [0.5, 0.6) is 0 Å². The molecule has 2 aromatic carbocycles. The first-order valence-electron chi connectivity index (χ1n) is 7.65. The van der Waals surface area contributed by atoms with Crippen LogP contribution in [-0.2, 0) is 0 Å². The molecule has 0 spiro atoms. The average molecular weight is 346 g/mol. The summed E-state index contributed by atoms with van der Waals surface area (Å²) in [5.41, 5.74) is 2.09. The maximum atomic E-state index is 12.8. The Balaban J connectivity index is 1.81. The van der Waals surface area contributed by atoms with E-state index in [0.717, 1.165) is 11.0 Å². The van der Waals surface area contributed by atoms with Crippen LogP contribution in [-0.4, -0.2) is 9.38 Å². The lowest BCUT2D eigenvalue weighted by Crippen LogP contribution is -2.23. The molecule has 0 bridgehead atoms. The minimum atomic E-state index is -0.179. The molecule has 5 aromatic rings. The lowest BCUT2D eigenvalue weighted by molar-refractivity contribution is 0.601. The van der Waals surface area contributed by atoms with Gasteiger partial charge in [-0.05, 0) is 30.3 Å². The summed E-state index contributed by atoms with van der Waals surface area (Å²) in [5.74, 6) is 0. The smallest absolute Gasteiger partial charge is 0.274 e. The Morgan fingerprint density at radius 1 is 1.04 bits per heavy atom. The molecule has 3 heterocycles. The molecule has 6 heteroatoms. The number of hydrogen-bond donors (Lipinski definition) is 0. The van der Waals surface area contributed by atoms with Gasteiger partial charge < -0.3 is 4.42 Å². The highest BCUT2D eigenvalue weighted by Crippen LogP contribution is 2.16. The predicted octanol–water partition coefficient (Wildman–Crippen LogP) is 2.56. The summed E-state index contributed by atoms with van der Waals surface area (Å²) in [4.78, 5) is 30.4. The molecular weight excluding hydrogens is 336 g/mol. The van der Waals surface area contributed by atoms with Crippen molar-refractivity contribution in [2.45, 2.75) is 0 Å². The zero-order valence-electron chi connectivity index (χ0n) is 12.8. The Hall–Kier alpha value is -3.25. The zero-order valence-corrected chi connectivity index (χ0v) is 13.6. The lowest BCUT2D eigenvalue weighted by atomic mass is 10.2. The SMILES string of the molecule is O=c1c(C=c2sc3nc4ccccc4n3c2=O)coc2ccccc12. The molecule has 5 nitrogen and oxygen atoms in total. The van der Waals surface area contributed by atoms with E-state index in [1.54, 1.807) is 28.7 Å². The first-order valence-corrected chi connectivity index (χ1v) is 8.46. The van der Waals surface area contributed by atoms with E-state index in [9.17, 15) is 9.59 Å². The highest BCUT2D eigenvalue weighted by Gasteiger charge is 2.11. The van der Waals surface area contributed by atoms with Crippen molar-refractivity contribution in [1.82, 2.24) is 9.38 Å². The van der Waals surface area contributed by atoms with Crippen LogP contribution in [0.15, 0.2) is 68.8 Å². The Labute approximate surface area is 144 Å². The molecule has 120 valence electrons. The molecular formula is C19H10N2O3S. The number of rotatable bonds is 1. The van der Waals surface area contributed by atoms with Gasteiger partial charge in [-0.3, -0.25) is 9.59 Å². The summed E-state index contributed by atoms with van der Waals surface area (Å²) in [6, 6.07) is 14.5. The summed E-state index contributed by atoms with van der Waals surface area (Å²) >= 11 is 1.26. The van der Waals surface area contributed by atoms with Crippen molar-refractivity contribution < 1.29 is 4.42 Å². The molecule has 0 amide bonds. The second kappa shape index (κ2) is 5.12. The number of thiazole rings is 1. The quantitative estimate of drug-likeness (QED) is 0.468. The monoisotopic (exact) mass is 346 g/mol. The van der Waals surface area contributed by atoms with Gasteiger partial charge in [0.15, 0.2) is 10.4 Å². The van der Waals surface area contributed by atoms with Gasteiger partial charge in [0.1, 0.15) is 11.8 Å². The fourth-order valence-electron chi connectivity index (χ4n) is 2.95. The third kappa shape index (κ3) is 2.04. The summed E-state index contributed by atoms with van der Waals surface area (Å²) in [6.45, 7) is 0. The molecule has 0 aliphatic rings. The second-order valence-electron chi connectivity index (χ2n) is 5.65. The topological polar surface area (TPSA) is 64.6 Å². The molecule has 0 aliphatic carbocycles. The molecule has 25 heavy (non-hydrogen) atoms. The van der Waals surface area contributed by atoms with Crippen LogP contribution < -0.4 is 15.5 Å². The van der Waals surface area contributed by atoms with Crippen LogP contribution >= 0.6 is 11.3 Å². The maximum absolute atomic E-state index is 12.8. The van der Waals surface area contributed by atoms with Crippen molar-refractivity contribution in [3.8, 4) is 0 Å². The molecule has 5 rings (SSSR count). The fourth-order valence-corrected chi connectivity index (χ4v) is 3.92. The molecule has 0 saturated carbocycles. The largest absolute Gasteiger partial charge is 0.463 e. The highest BCUT2D eigenvalue weighted by molar-refractivity contribution is 7.15. The summed E-state index contributed by atoms with van der Waals surface area (Å²) < 4.78 is 7.54. The minimum Gasteiger partial charge on any atom is -0.463 e.